The molecule has 0 bridgehead atoms. The van der Waals surface area contributed by atoms with Gasteiger partial charge in [-0.05, 0) is 60.0 Å². The fourth-order valence-electron chi connectivity index (χ4n) is 2.99. The third-order valence-corrected chi connectivity index (χ3v) is 4.22. The number of esters is 1. The molecule has 24 heavy (non-hydrogen) atoms. The lowest BCUT2D eigenvalue weighted by atomic mass is 10.1. The van der Waals surface area contributed by atoms with Crippen molar-refractivity contribution in [1.82, 2.24) is 9.47 Å². The molecule has 1 aromatic carbocycles. The molecular weight excluding hydrogens is 300 g/mol. The lowest BCUT2D eigenvalue weighted by molar-refractivity contribution is -0.138. The smallest absolute Gasteiger partial charge is 0.333 e. The molecule has 2 rings (SSSR count). The maximum atomic E-state index is 11.9. The monoisotopic (exact) mass is 328 g/mol. The first kappa shape index (κ1) is 18.3. The first-order valence-electron chi connectivity index (χ1n) is 8.53. The third kappa shape index (κ3) is 4.06. The molecule has 130 valence electrons. The van der Waals surface area contributed by atoms with Crippen molar-refractivity contribution in [2.75, 3.05) is 27.2 Å². The number of aromatic nitrogens is 1. The average Bonchev–Trinajstić information content (AvgIpc) is 2.80. The van der Waals surface area contributed by atoms with Crippen molar-refractivity contribution in [2.45, 2.75) is 33.7 Å². The van der Waals surface area contributed by atoms with Gasteiger partial charge in [0, 0.05) is 34.3 Å². The normalized spacial score (nSPS) is 12.2. The average molecular weight is 328 g/mol. The first-order valence-corrected chi connectivity index (χ1v) is 8.53. The van der Waals surface area contributed by atoms with E-state index in [1.54, 1.807) is 0 Å². The molecule has 4 heteroatoms. The summed E-state index contributed by atoms with van der Waals surface area (Å²) in [6, 6.07) is 8.38. The van der Waals surface area contributed by atoms with Crippen LogP contribution in [0, 0.1) is 6.92 Å². The Hall–Kier alpha value is -2.07. The molecule has 0 unspecified atom stereocenters. The van der Waals surface area contributed by atoms with E-state index < -0.39 is 0 Å². The van der Waals surface area contributed by atoms with Gasteiger partial charge < -0.3 is 14.2 Å². The molecule has 0 amide bonds. The van der Waals surface area contributed by atoms with Crippen LogP contribution < -0.4 is 0 Å². The van der Waals surface area contributed by atoms with Crippen LogP contribution in [0.2, 0.25) is 0 Å². The second-order valence-corrected chi connectivity index (χ2v) is 6.37. The molecule has 2 aromatic rings. The van der Waals surface area contributed by atoms with Crippen LogP contribution in [0.1, 0.15) is 31.5 Å². The van der Waals surface area contributed by atoms with E-state index in [0.29, 0.717) is 12.2 Å². The predicted octanol–water partition coefficient (Wildman–Crippen LogP) is 3.87. The number of carbonyl (C=O) groups is 1. The van der Waals surface area contributed by atoms with Gasteiger partial charge >= 0.3 is 5.97 Å². The lowest BCUT2D eigenvalue weighted by Gasteiger charge is -2.12. The van der Waals surface area contributed by atoms with Crippen molar-refractivity contribution in [3.05, 3.63) is 41.1 Å². The van der Waals surface area contributed by atoms with Crippen LogP contribution in [-0.4, -0.2) is 42.7 Å². The van der Waals surface area contributed by atoms with E-state index in [0.717, 1.165) is 25.1 Å². The van der Waals surface area contributed by atoms with Gasteiger partial charge in [0.05, 0.1) is 6.61 Å². The summed E-state index contributed by atoms with van der Waals surface area (Å²) in [5.41, 5.74) is 4.16. The molecule has 0 aliphatic carbocycles. The quantitative estimate of drug-likeness (QED) is 0.571. The van der Waals surface area contributed by atoms with Gasteiger partial charge in [0.2, 0.25) is 0 Å². The second kappa shape index (κ2) is 8.15. The maximum absolute atomic E-state index is 11.9. The Balaban J connectivity index is 2.41. The highest BCUT2D eigenvalue weighted by atomic mass is 16.5. The number of fused-ring (bicyclic) bond motifs is 1. The van der Waals surface area contributed by atoms with Crippen LogP contribution in [-0.2, 0) is 16.1 Å². The van der Waals surface area contributed by atoms with Gasteiger partial charge in [0.25, 0.3) is 0 Å². The highest BCUT2D eigenvalue weighted by molar-refractivity contribution is 5.98. The van der Waals surface area contributed by atoms with Crippen LogP contribution in [0.3, 0.4) is 0 Å². The Morgan fingerprint density at radius 2 is 2.00 bits per heavy atom. The van der Waals surface area contributed by atoms with Crippen molar-refractivity contribution in [2.24, 2.45) is 0 Å². The highest BCUT2D eigenvalue weighted by Gasteiger charge is 2.14. The van der Waals surface area contributed by atoms with Crippen molar-refractivity contribution in [3.63, 3.8) is 0 Å². The zero-order chi connectivity index (χ0) is 17.7. The van der Waals surface area contributed by atoms with E-state index in [1.807, 2.05) is 26.0 Å². The van der Waals surface area contributed by atoms with Crippen molar-refractivity contribution < 1.29 is 9.53 Å². The summed E-state index contributed by atoms with van der Waals surface area (Å²) in [4.78, 5) is 14.1. The lowest BCUT2D eigenvalue weighted by Crippen LogP contribution is -2.15. The fourth-order valence-corrected chi connectivity index (χ4v) is 2.99. The Labute approximate surface area is 144 Å². The summed E-state index contributed by atoms with van der Waals surface area (Å²) in [6.45, 7) is 8.19. The second-order valence-electron chi connectivity index (χ2n) is 6.37. The molecule has 0 aliphatic heterocycles. The molecular formula is C20H28N2O2. The number of para-hydroxylation sites is 1. The van der Waals surface area contributed by atoms with Crippen molar-refractivity contribution in [1.29, 1.82) is 0 Å². The molecule has 0 spiro atoms. The first-order chi connectivity index (χ1) is 11.5. The number of hydrogen-bond acceptors (Lipinski definition) is 3. The number of benzene rings is 1. The standard InChI is InChI=1S/C20H28N2O2/c1-6-24-20(23)15(2)14-18-16(3)22(13-9-12-21(4)5)19-11-8-7-10-17(18)19/h7-8,10-11,14H,6,9,12-13H2,1-5H3/b15-14+. The van der Waals surface area contributed by atoms with Gasteiger partial charge in [-0.1, -0.05) is 18.2 Å². The number of nitrogens with zero attached hydrogens (tertiary/aromatic N) is 2. The zero-order valence-corrected chi connectivity index (χ0v) is 15.4. The van der Waals surface area contributed by atoms with E-state index in [4.69, 9.17) is 4.74 Å². The topological polar surface area (TPSA) is 34.5 Å². The minimum atomic E-state index is -0.249. The van der Waals surface area contributed by atoms with Crippen LogP contribution in [0.4, 0.5) is 0 Å². The molecule has 0 saturated heterocycles. The Morgan fingerprint density at radius 3 is 2.67 bits per heavy atom. The van der Waals surface area contributed by atoms with E-state index in [1.165, 1.54) is 16.6 Å². The predicted molar refractivity (Wildman–Crippen MR) is 100 cm³/mol. The summed E-state index contributed by atoms with van der Waals surface area (Å²) in [7, 11) is 4.19. The minimum Gasteiger partial charge on any atom is -0.463 e. The third-order valence-electron chi connectivity index (χ3n) is 4.22. The summed E-state index contributed by atoms with van der Waals surface area (Å²) in [6.07, 6.45) is 3.05. The van der Waals surface area contributed by atoms with E-state index in [2.05, 4.69) is 48.7 Å². The fraction of sp³-hybridized carbons (Fsp3) is 0.450. The number of rotatable bonds is 7. The van der Waals surface area contributed by atoms with E-state index in [9.17, 15) is 4.79 Å². The molecule has 0 aliphatic rings. The molecule has 1 heterocycles. The molecule has 0 fully saturated rings. The minimum absolute atomic E-state index is 0.249. The summed E-state index contributed by atoms with van der Waals surface area (Å²) in [5, 5.41) is 1.18. The molecule has 1 aromatic heterocycles. The van der Waals surface area contributed by atoms with Crippen LogP contribution >= 0.6 is 0 Å². The molecule has 0 saturated carbocycles. The number of ether oxygens (including phenoxy) is 1. The molecule has 4 nitrogen and oxygen atoms in total. The molecule has 0 radical (unpaired) electrons. The van der Waals surface area contributed by atoms with Gasteiger partial charge in [-0.2, -0.15) is 0 Å². The number of aryl methyl sites for hydroxylation is 1. The Morgan fingerprint density at radius 1 is 1.29 bits per heavy atom. The van der Waals surface area contributed by atoms with Crippen LogP contribution in [0.5, 0.6) is 0 Å². The van der Waals surface area contributed by atoms with Crippen LogP contribution in [0.25, 0.3) is 17.0 Å². The molecule has 0 atom stereocenters. The van der Waals surface area contributed by atoms with Gasteiger partial charge in [0.15, 0.2) is 0 Å². The van der Waals surface area contributed by atoms with E-state index >= 15 is 0 Å². The Kier molecular flexibility index (Phi) is 6.21. The van der Waals surface area contributed by atoms with Gasteiger partial charge in [-0.3, -0.25) is 0 Å². The summed E-state index contributed by atoms with van der Waals surface area (Å²) >= 11 is 0. The summed E-state index contributed by atoms with van der Waals surface area (Å²) < 4.78 is 7.46. The Bertz CT molecular complexity index is 741. The largest absolute Gasteiger partial charge is 0.463 e. The van der Waals surface area contributed by atoms with Gasteiger partial charge in [-0.25, -0.2) is 4.79 Å². The highest BCUT2D eigenvalue weighted by Crippen LogP contribution is 2.28. The van der Waals surface area contributed by atoms with Crippen molar-refractivity contribution >= 4 is 22.9 Å². The number of hydrogen-bond donors (Lipinski definition) is 0. The SMILES string of the molecule is CCOC(=O)/C(C)=C/c1c(C)n(CCCN(C)C)c2ccccc12. The van der Waals surface area contributed by atoms with Crippen molar-refractivity contribution in [3.8, 4) is 0 Å². The summed E-state index contributed by atoms with van der Waals surface area (Å²) in [5.74, 6) is -0.249. The van der Waals surface area contributed by atoms with Crippen LogP contribution in [0.15, 0.2) is 29.8 Å². The maximum Gasteiger partial charge on any atom is 0.333 e. The molecule has 0 N–H and O–H groups in total. The van der Waals surface area contributed by atoms with E-state index in [-0.39, 0.29) is 5.97 Å². The zero-order valence-electron chi connectivity index (χ0n) is 15.4. The number of carbonyl (C=O) groups excluding carboxylic acids is 1. The van der Waals surface area contributed by atoms with Gasteiger partial charge in [-0.15, -0.1) is 0 Å². The van der Waals surface area contributed by atoms with Gasteiger partial charge in [0.1, 0.15) is 0 Å².